The Labute approximate surface area is 207 Å². The highest BCUT2D eigenvalue weighted by molar-refractivity contribution is 7.11. The maximum absolute atomic E-state index is 13.2. The summed E-state index contributed by atoms with van der Waals surface area (Å²) in [7, 11) is 0. The average Bonchev–Trinajstić information content (AvgIpc) is 3.19. The number of aliphatic hydroxyl groups is 1. The number of fused-ring (bicyclic) bond motifs is 2. The quantitative estimate of drug-likeness (QED) is 0.644. The second kappa shape index (κ2) is 9.51. The van der Waals surface area contributed by atoms with Gasteiger partial charge in [0.25, 0.3) is 0 Å². The standard InChI is InChI=1S/C26H40N2O5S/c1-15(23(30)28-9-11-32-12-10-28)17-7-8-26(6)13-18-21(16(2)20(26)22(17)29)27-19(34-18)14-33-24(31)25(3,4)5/h15-17,20,22,29H,7-14H2,1-6H3/t15-,16-,17?,20+,22-,26-/m0/s1. The van der Waals surface area contributed by atoms with Gasteiger partial charge in [0.05, 0.1) is 30.4 Å². The van der Waals surface area contributed by atoms with Gasteiger partial charge in [-0.05, 0) is 57.3 Å². The third-order valence-electron chi connectivity index (χ3n) is 8.26. The molecule has 2 fully saturated rings. The molecule has 0 spiro atoms. The molecule has 1 amide bonds. The van der Waals surface area contributed by atoms with E-state index in [0.717, 1.165) is 30.0 Å². The molecule has 6 atom stereocenters. The number of morpholine rings is 1. The topological polar surface area (TPSA) is 89.0 Å². The first-order valence-electron chi connectivity index (χ1n) is 12.6. The van der Waals surface area contributed by atoms with Crippen LogP contribution in [0.2, 0.25) is 0 Å². The van der Waals surface area contributed by atoms with Crippen molar-refractivity contribution in [2.45, 2.75) is 79.4 Å². The van der Waals surface area contributed by atoms with Crippen molar-refractivity contribution in [2.24, 2.45) is 28.6 Å². The zero-order chi connectivity index (χ0) is 24.8. The van der Waals surface area contributed by atoms with Crippen molar-refractivity contribution < 1.29 is 24.2 Å². The molecule has 1 aromatic rings. The number of amides is 1. The van der Waals surface area contributed by atoms with Crippen LogP contribution in [0.1, 0.15) is 75.9 Å². The first-order valence-corrected chi connectivity index (χ1v) is 13.4. The fraction of sp³-hybridized carbons (Fsp3) is 0.808. The number of carbonyl (C=O) groups excluding carboxylic acids is 2. The minimum atomic E-state index is -0.550. The number of carbonyl (C=O) groups is 2. The normalized spacial score (nSPS) is 32.5. The maximum atomic E-state index is 13.2. The Morgan fingerprint density at radius 1 is 1.32 bits per heavy atom. The van der Waals surface area contributed by atoms with E-state index in [1.807, 2.05) is 32.6 Å². The van der Waals surface area contributed by atoms with Gasteiger partial charge < -0.3 is 19.5 Å². The lowest BCUT2D eigenvalue weighted by Crippen LogP contribution is -2.54. The number of esters is 1. The van der Waals surface area contributed by atoms with Crippen LogP contribution >= 0.6 is 11.3 Å². The van der Waals surface area contributed by atoms with E-state index in [1.54, 1.807) is 11.3 Å². The molecule has 0 radical (unpaired) electrons. The van der Waals surface area contributed by atoms with Crippen molar-refractivity contribution in [1.82, 2.24) is 9.88 Å². The van der Waals surface area contributed by atoms with Crippen molar-refractivity contribution in [3.8, 4) is 0 Å². The number of thiazole rings is 1. The maximum Gasteiger partial charge on any atom is 0.311 e. The fourth-order valence-corrected chi connectivity index (χ4v) is 7.54. The van der Waals surface area contributed by atoms with E-state index < -0.39 is 11.5 Å². The number of aromatic nitrogens is 1. The molecule has 1 aliphatic heterocycles. The van der Waals surface area contributed by atoms with Crippen LogP contribution in [0, 0.1) is 28.6 Å². The third-order valence-corrected chi connectivity index (χ3v) is 9.30. The summed E-state index contributed by atoms with van der Waals surface area (Å²) in [6.45, 7) is 14.6. The summed E-state index contributed by atoms with van der Waals surface area (Å²) in [6, 6.07) is 0. The Hall–Kier alpha value is -1.51. The van der Waals surface area contributed by atoms with Crippen LogP contribution in [0.3, 0.4) is 0 Å². The molecule has 1 N–H and O–H groups in total. The van der Waals surface area contributed by atoms with E-state index in [-0.39, 0.29) is 47.6 Å². The first kappa shape index (κ1) is 25.6. The molecule has 8 heteroatoms. The van der Waals surface area contributed by atoms with Crippen LogP contribution in [0.4, 0.5) is 0 Å². The largest absolute Gasteiger partial charge is 0.458 e. The predicted octanol–water partition coefficient (Wildman–Crippen LogP) is 3.78. The van der Waals surface area contributed by atoms with Gasteiger partial charge in [0.15, 0.2) is 0 Å². The third kappa shape index (κ3) is 4.78. The Morgan fingerprint density at radius 2 is 2.00 bits per heavy atom. The van der Waals surface area contributed by atoms with E-state index >= 15 is 0 Å². The molecular weight excluding hydrogens is 452 g/mol. The summed E-state index contributed by atoms with van der Waals surface area (Å²) in [5.41, 5.74) is 0.456. The first-order chi connectivity index (χ1) is 15.9. The molecular formula is C26H40N2O5S. The van der Waals surface area contributed by atoms with Gasteiger partial charge in [0.1, 0.15) is 11.6 Å². The summed E-state index contributed by atoms with van der Waals surface area (Å²) in [4.78, 5) is 33.4. The van der Waals surface area contributed by atoms with E-state index in [1.165, 1.54) is 4.88 Å². The van der Waals surface area contributed by atoms with Crippen LogP contribution in [0.25, 0.3) is 0 Å². The van der Waals surface area contributed by atoms with Gasteiger partial charge in [0, 0.05) is 29.8 Å². The fourth-order valence-electron chi connectivity index (χ4n) is 6.26. The summed E-state index contributed by atoms with van der Waals surface area (Å²) < 4.78 is 10.9. The van der Waals surface area contributed by atoms with Gasteiger partial charge in [0.2, 0.25) is 5.91 Å². The summed E-state index contributed by atoms with van der Waals surface area (Å²) in [5, 5.41) is 12.4. The Kier molecular flexibility index (Phi) is 7.15. The smallest absolute Gasteiger partial charge is 0.311 e. The monoisotopic (exact) mass is 492 g/mol. The zero-order valence-electron chi connectivity index (χ0n) is 21.4. The predicted molar refractivity (Wildman–Crippen MR) is 130 cm³/mol. The second-order valence-electron chi connectivity index (χ2n) is 11.8. The van der Waals surface area contributed by atoms with Crippen molar-refractivity contribution in [2.75, 3.05) is 26.3 Å². The molecule has 1 saturated heterocycles. The molecule has 1 saturated carbocycles. The van der Waals surface area contributed by atoms with Crippen LogP contribution in [-0.4, -0.2) is 59.3 Å². The van der Waals surface area contributed by atoms with Crippen molar-refractivity contribution >= 4 is 23.2 Å². The molecule has 4 rings (SSSR count). The highest BCUT2D eigenvalue weighted by atomic mass is 32.1. The van der Waals surface area contributed by atoms with Gasteiger partial charge >= 0.3 is 5.97 Å². The molecule has 0 bridgehead atoms. The number of hydrogen-bond donors (Lipinski definition) is 1. The van der Waals surface area contributed by atoms with Gasteiger partial charge in [-0.15, -0.1) is 11.3 Å². The number of hydrogen-bond acceptors (Lipinski definition) is 7. The van der Waals surface area contributed by atoms with Crippen LogP contribution in [0.5, 0.6) is 0 Å². The molecule has 0 aromatic carbocycles. The molecule has 2 aliphatic carbocycles. The van der Waals surface area contributed by atoms with E-state index in [9.17, 15) is 14.7 Å². The van der Waals surface area contributed by atoms with Crippen LogP contribution in [0.15, 0.2) is 0 Å². The van der Waals surface area contributed by atoms with E-state index in [2.05, 4.69) is 13.8 Å². The second-order valence-corrected chi connectivity index (χ2v) is 13.0. The average molecular weight is 493 g/mol. The van der Waals surface area contributed by atoms with Crippen LogP contribution < -0.4 is 0 Å². The van der Waals surface area contributed by atoms with Crippen molar-refractivity contribution in [3.05, 3.63) is 15.6 Å². The van der Waals surface area contributed by atoms with Gasteiger partial charge in [-0.2, -0.15) is 0 Å². The molecule has 190 valence electrons. The van der Waals surface area contributed by atoms with Gasteiger partial charge in [-0.25, -0.2) is 4.98 Å². The van der Waals surface area contributed by atoms with Gasteiger partial charge in [-0.3, -0.25) is 9.59 Å². The molecule has 34 heavy (non-hydrogen) atoms. The molecule has 7 nitrogen and oxygen atoms in total. The molecule has 2 heterocycles. The molecule has 1 unspecified atom stereocenters. The zero-order valence-corrected chi connectivity index (χ0v) is 22.2. The van der Waals surface area contributed by atoms with Gasteiger partial charge in [-0.1, -0.05) is 20.8 Å². The number of nitrogens with zero attached hydrogens (tertiary/aromatic N) is 2. The number of aliphatic hydroxyl groups excluding tert-OH is 1. The lowest BCUT2D eigenvalue weighted by atomic mass is 9.53. The minimum Gasteiger partial charge on any atom is -0.458 e. The molecule has 3 aliphatic rings. The van der Waals surface area contributed by atoms with E-state index in [4.69, 9.17) is 14.5 Å². The SMILES string of the molecule is C[C@H](C(=O)N1CCOCC1)C1CC[C@@]2(C)Cc3sc(COC(=O)C(C)(C)C)nc3[C@@H](C)[C@@H]2[C@H]1O. The summed E-state index contributed by atoms with van der Waals surface area (Å²) >= 11 is 1.64. The highest BCUT2D eigenvalue weighted by Gasteiger charge is 2.54. The summed E-state index contributed by atoms with van der Waals surface area (Å²) in [6.07, 6.45) is 2.15. The Balaban J connectivity index is 1.50. The summed E-state index contributed by atoms with van der Waals surface area (Å²) in [5.74, 6) is -0.230. The Morgan fingerprint density at radius 3 is 2.65 bits per heavy atom. The van der Waals surface area contributed by atoms with Crippen LogP contribution in [-0.2, 0) is 32.1 Å². The highest BCUT2D eigenvalue weighted by Crippen LogP contribution is 2.57. The van der Waals surface area contributed by atoms with Crippen molar-refractivity contribution in [3.63, 3.8) is 0 Å². The number of rotatable bonds is 4. The molecule has 1 aromatic heterocycles. The van der Waals surface area contributed by atoms with Crippen molar-refractivity contribution in [1.29, 1.82) is 0 Å². The number of ether oxygens (including phenoxy) is 2. The van der Waals surface area contributed by atoms with E-state index in [0.29, 0.717) is 26.3 Å². The lowest BCUT2D eigenvalue weighted by molar-refractivity contribution is -0.154. The Bertz CT molecular complexity index is 919. The minimum absolute atomic E-state index is 0.0318. The lowest BCUT2D eigenvalue weighted by Gasteiger charge is -2.53.